The van der Waals surface area contributed by atoms with Crippen molar-refractivity contribution in [1.29, 1.82) is 0 Å². The lowest BCUT2D eigenvalue weighted by Gasteiger charge is -2.10. The van der Waals surface area contributed by atoms with E-state index in [9.17, 15) is 21.6 Å². The van der Waals surface area contributed by atoms with Crippen LogP contribution in [0.4, 0.5) is 18.9 Å². The van der Waals surface area contributed by atoms with Gasteiger partial charge in [-0.15, -0.1) is 0 Å². The van der Waals surface area contributed by atoms with Gasteiger partial charge in [-0.1, -0.05) is 11.6 Å². The van der Waals surface area contributed by atoms with Gasteiger partial charge in [0.15, 0.2) is 0 Å². The summed E-state index contributed by atoms with van der Waals surface area (Å²) in [7, 11) is -4.02. The van der Waals surface area contributed by atoms with Gasteiger partial charge >= 0.3 is 6.18 Å². The van der Waals surface area contributed by atoms with E-state index in [0.29, 0.717) is 0 Å². The minimum Gasteiger partial charge on any atom is -0.280 e. The molecular weight excluding hydrogens is 329 g/mol. The summed E-state index contributed by atoms with van der Waals surface area (Å²) in [5.74, 6) is 0. The third-order valence-corrected chi connectivity index (χ3v) is 4.30. The summed E-state index contributed by atoms with van der Waals surface area (Å²) in [5, 5.41) is -0.225. The predicted octanol–water partition coefficient (Wildman–Crippen LogP) is 3.55. The van der Waals surface area contributed by atoms with Crippen molar-refractivity contribution in [3.05, 3.63) is 53.3 Å². The summed E-state index contributed by atoms with van der Waals surface area (Å²) in [4.78, 5) is 3.37. The van der Waals surface area contributed by atoms with Crippen molar-refractivity contribution in [2.45, 2.75) is 11.1 Å². The van der Waals surface area contributed by atoms with Crippen LogP contribution in [0.1, 0.15) is 5.56 Å². The van der Waals surface area contributed by atoms with E-state index in [2.05, 4.69) is 9.71 Å². The zero-order valence-corrected chi connectivity index (χ0v) is 11.8. The molecule has 0 atom stereocenters. The van der Waals surface area contributed by atoms with Crippen molar-refractivity contribution < 1.29 is 21.6 Å². The third-order valence-electron chi connectivity index (χ3n) is 2.48. The maximum Gasteiger partial charge on any atom is 0.416 e. The van der Waals surface area contributed by atoms with Crippen molar-refractivity contribution >= 4 is 27.3 Å². The zero-order valence-electron chi connectivity index (χ0n) is 10.2. The van der Waals surface area contributed by atoms with Gasteiger partial charge < -0.3 is 0 Å². The lowest BCUT2D eigenvalue weighted by atomic mass is 10.2. The number of halogens is 4. The van der Waals surface area contributed by atoms with Gasteiger partial charge in [0.1, 0.15) is 10.0 Å². The number of aromatic nitrogens is 1. The fourth-order valence-corrected chi connectivity index (χ4v) is 3.02. The number of anilines is 1. The highest BCUT2D eigenvalue weighted by molar-refractivity contribution is 7.92. The Labute approximate surface area is 123 Å². The van der Waals surface area contributed by atoms with Crippen molar-refractivity contribution in [3.63, 3.8) is 0 Å². The number of rotatable bonds is 3. The summed E-state index contributed by atoms with van der Waals surface area (Å²) in [5.41, 5.74) is -0.882. The molecule has 2 aromatic rings. The first kappa shape index (κ1) is 15.6. The molecule has 9 heteroatoms. The van der Waals surface area contributed by atoms with Crippen molar-refractivity contribution in [2.24, 2.45) is 0 Å². The Morgan fingerprint density at radius 1 is 1.10 bits per heavy atom. The molecule has 0 radical (unpaired) electrons. The summed E-state index contributed by atoms with van der Waals surface area (Å²) < 4.78 is 63.5. The van der Waals surface area contributed by atoms with E-state index in [0.717, 1.165) is 24.3 Å². The number of nitrogens with one attached hydrogen (secondary N) is 1. The highest BCUT2D eigenvalue weighted by atomic mass is 35.5. The van der Waals surface area contributed by atoms with E-state index in [-0.39, 0.29) is 15.7 Å². The maximum absolute atomic E-state index is 12.4. The topological polar surface area (TPSA) is 59.1 Å². The van der Waals surface area contributed by atoms with Gasteiger partial charge in [-0.25, -0.2) is 13.4 Å². The molecule has 0 saturated heterocycles. The number of hydrogen-bond acceptors (Lipinski definition) is 3. The Balaban J connectivity index is 2.28. The van der Waals surface area contributed by atoms with Crippen LogP contribution in [0.2, 0.25) is 5.15 Å². The molecule has 0 spiro atoms. The normalized spacial score (nSPS) is 12.2. The van der Waals surface area contributed by atoms with Crippen molar-refractivity contribution in [2.75, 3.05) is 4.72 Å². The van der Waals surface area contributed by atoms with Crippen molar-refractivity contribution in [3.8, 4) is 0 Å². The first-order valence-electron chi connectivity index (χ1n) is 5.51. The molecule has 0 aliphatic rings. The molecule has 112 valence electrons. The molecule has 1 aromatic heterocycles. The fraction of sp³-hybridized carbons (Fsp3) is 0.0833. The van der Waals surface area contributed by atoms with Gasteiger partial charge in [0, 0.05) is 11.9 Å². The standard InChI is InChI=1S/C12H8ClF3N2O2S/c13-11-10(2-1-7-17-11)21(19,20)18-9-5-3-8(4-6-9)12(14,15)16/h1-7,18H. The smallest absolute Gasteiger partial charge is 0.280 e. The van der Waals surface area contributed by atoms with E-state index >= 15 is 0 Å². The molecule has 1 aromatic carbocycles. The van der Waals surface area contributed by atoms with Crippen LogP contribution in [0, 0.1) is 0 Å². The van der Waals surface area contributed by atoms with E-state index in [4.69, 9.17) is 11.6 Å². The van der Waals surface area contributed by atoms with Crippen LogP contribution in [0.5, 0.6) is 0 Å². The molecule has 1 heterocycles. The molecule has 0 unspecified atom stereocenters. The lowest BCUT2D eigenvalue weighted by molar-refractivity contribution is -0.137. The number of pyridine rings is 1. The van der Waals surface area contributed by atoms with Crippen LogP contribution in [-0.2, 0) is 16.2 Å². The summed E-state index contributed by atoms with van der Waals surface area (Å²) in [6.45, 7) is 0. The summed E-state index contributed by atoms with van der Waals surface area (Å²) in [6, 6.07) is 6.22. The fourth-order valence-electron chi connectivity index (χ4n) is 1.51. The average molecular weight is 337 g/mol. The molecule has 21 heavy (non-hydrogen) atoms. The molecule has 0 fully saturated rings. The van der Waals surface area contributed by atoms with Crippen LogP contribution in [0.25, 0.3) is 0 Å². The highest BCUT2D eigenvalue weighted by Gasteiger charge is 2.30. The Bertz CT molecular complexity index is 746. The van der Waals surface area contributed by atoms with Gasteiger partial charge in [0.25, 0.3) is 10.0 Å². The Morgan fingerprint density at radius 3 is 2.24 bits per heavy atom. The van der Waals surface area contributed by atoms with Crippen LogP contribution in [0.3, 0.4) is 0 Å². The summed E-state index contributed by atoms with van der Waals surface area (Å²) in [6.07, 6.45) is -3.16. The Morgan fingerprint density at radius 2 is 1.71 bits per heavy atom. The zero-order chi connectivity index (χ0) is 15.7. The Hall–Kier alpha value is -1.80. The summed E-state index contributed by atoms with van der Waals surface area (Å²) >= 11 is 5.68. The van der Waals surface area contributed by atoms with Crippen LogP contribution in [-0.4, -0.2) is 13.4 Å². The number of sulfonamides is 1. The van der Waals surface area contributed by atoms with E-state index in [1.54, 1.807) is 0 Å². The minimum atomic E-state index is -4.48. The molecule has 0 bridgehead atoms. The highest BCUT2D eigenvalue weighted by Crippen LogP contribution is 2.30. The first-order valence-corrected chi connectivity index (χ1v) is 7.37. The Kier molecular flexibility index (Phi) is 4.11. The number of nitrogens with zero attached hydrogens (tertiary/aromatic N) is 1. The van der Waals surface area contributed by atoms with Crippen LogP contribution >= 0.6 is 11.6 Å². The minimum absolute atomic E-state index is 0.0112. The van der Waals surface area contributed by atoms with E-state index in [1.807, 2.05) is 0 Å². The monoisotopic (exact) mass is 336 g/mol. The average Bonchev–Trinajstić information content (AvgIpc) is 2.38. The van der Waals surface area contributed by atoms with Gasteiger partial charge in [0.2, 0.25) is 0 Å². The molecule has 0 amide bonds. The second kappa shape index (κ2) is 5.53. The molecule has 2 rings (SSSR count). The second-order valence-electron chi connectivity index (χ2n) is 3.97. The lowest BCUT2D eigenvalue weighted by Crippen LogP contribution is -2.14. The van der Waals surface area contributed by atoms with Gasteiger partial charge in [-0.3, -0.25) is 4.72 Å². The van der Waals surface area contributed by atoms with E-state index < -0.39 is 21.8 Å². The third kappa shape index (κ3) is 3.64. The molecule has 1 N–H and O–H groups in total. The predicted molar refractivity (Wildman–Crippen MR) is 71.5 cm³/mol. The molecular formula is C12H8ClF3N2O2S. The molecule has 0 aliphatic carbocycles. The quantitative estimate of drug-likeness (QED) is 0.872. The number of hydrogen-bond donors (Lipinski definition) is 1. The largest absolute Gasteiger partial charge is 0.416 e. The molecule has 0 aliphatic heterocycles. The number of alkyl halides is 3. The molecule has 4 nitrogen and oxygen atoms in total. The SMILES string of the molecule is O=S(=O)(Nc1ccc(C(F)(F)F)cc1)c1cccnc1Cl. The van der Waals surface area contributed by atoms with Crippen LogP contribution in [0.15, 0.2) is 47.5 Å². The van der Waals surface area contributed by atoms with Gasteiger partial charge in [0.05, 0.1) is 5.56 Å². The second-order valence-corrected chi connectivity index (χ2v) is 5.98. The van der Waals surface area contributed by atoms with E-state index in [1.165, 1.54) is 18.3 Å². The first-order chi connectivity index (χ1) is 9.70. The maximum atomic E-state index is 12.4. The van der Waals surface area contributed by atoms with Crippen molar-refractivity contribution in [1.82, 2.24) is 4.98 Å². The van der Waals surface area contributed by atoms with Gasteiger partial charge in [-0.2, -0.15) is 13.2 Å². The van der Waals surface area contributed by atoms with Crippen LogP contribution < -0.4 is 4.72 Å². The number of benzene rings is 1. The van der Waals surface area contributed by atoms with Gasteiger partial charge in [-0.05, 0) is 36.4 Å². The molecule has 0 saturated carbocycles.